The van der Waals surface area contributed by atoms with Crippen LogP contribution >= 0.6 is 0 Å². The van der Waals surface area contributed by atoms with Crippen molar-refractivity contribution in [3.8, 4) is 0 Å². The third-order valence-electron chi connectivity index (χ3n) is 2.37. The summed E-state index contributed by atoms with van der Waals surface area (Å²) >= 11 is 0. The van der Waals surface area contributed by atoms with E-state index in [0.29, 0.717) is 5.56 Å². The second kappa shape index (κ2) is 6.70. The molecule has 0 aliphatic rings. The number of hydrogen-bond donors (Lipinski definition) is 2. The van der Waals surface area contributed by atoms with Gasteiger partial charge in [0.15, 0.2) is 0 Å². The van der Waals surface area contributed by atoms with Gasteiger partial charge in [-0.3, -0.25) is 9.59 Å². The molecule has 18 heavy (non-hydrogen) atoms. The number of aliphatic hydroxyl groups excluding tert-OH is 1. The molecule has 0 radical (unpaired) electrons. The summed E-state index contributed by atoms with van der Waals surface area (Å²) in [4.78, 5) is 24.0. The molecule has 5 nitrogen and oxygen atoms in total. The van der Waals surface area contributed by atoms with E-state index in [1.54, 1.807) is 12.1 Å². The van der Waals surface area contributed by atoms with Crippen LogP contribution in [-0.4, -0.2) is 42.0 Å². The number of rotatable bonds is 4. The second-order valence-corrected chi connectivity index (χ2v) is 3.72. The minimum absolute atomic E-state index is 0.0514. The van der Waals surface area contributed by atoms with E-state index in [9.17, 15) is 14.0 Å². The molecule has 0 saturated heterocycles. The smallest absolute Gasteiger partial charge is 0.311 e. The molecule has 0 aliphatic carbocycles. The summed E-state index contributed by atoms with van der Waals surface area (Å²) in [6.45, 7) is -0.195. The molecule has 2 N–H and O–H groups in total. The van der Waals surface area contributed by atoms with E-state index in [0.717, 1.165) is 4.90 Å². The molecule has 0 aromatic heterocycles. The van der Waals surface area contributed by atoms with Gasteiger partial charge in [-0.1, -0.05) is 18.2 Å². The molecule has 6 heteroatoms. The molecule has 0 saturated carbocycles. The van der Waals surface area contributed by atoms with E-state index in [4.69, 9.17) is 5.11 Å². The Labute approximate surface area is 104 Å². The molecule has 0 unspecified atom stereocenters. The molecular formula is C12H15FN2O3. The van der Waals surface area contributed by atoms with Gasteiger partial charge in [-0.05, 0) is 6.07 Å². The summed E-state index contributed by atoms with van der Waals surface area (Å²) in [6, 6.07) is 5.99. The summed E-state index contributed by atoms with van der Waals surface area (Å²) in [5.74, 6) is -2.02. The number of halogens is 1. The maximum Gasteiger partial charge on any atom is 0.311 e. The summed E-state index contributed by atoms with van der Waals surface area (Å²) in [5.41, 5.74) is 0.309. The fourth-order valence-electron chi connectivity index (χ4n) is 1.32. The molecule has 1 aromatic rings. The highest BCUT2D eigenvalue weighted by Crippen LogP contribution is 2.05. The summed E-state index contributed by atoms with van der Waals surface area (Å²) in [7, 11) is 1.40. The summed E-state index contributed by atoms with van der Waals surface area (Å²) < 4.78 is 13.2. The average Bonchev–Trinajstić information content (AvgIpc) is 2.36. The normalized spacial score (nSPS) is 9.94. The van der Waals surface area contributed by atoms with E-state index in [-0.39, 0.29) is 19.7 Å². The molecule has 0 spiro atoms. The number of nitrogens with one attached hydrogen (secondary N) is 1. The molecule has 0 aliphatic heterocycles. The van der Waals surface area contributed by atoms with Crippen molar-refractivity contribution in [2.75, 3.05) is 20.2 Å². The van der Waals surface area contributed by atoms with Gasteiger partial charge < -0.3 is 15.3 Å². The average molecular weight is 254 g/mol. The van der Waals surface area contributed by atoms with Crippen molar-refractivity contribution in [3.05, 3.63) is 35.6 Å². The Hall–Kier alpha value is -1.95. The van der Waals surface area contributed by atoms with E-state index in [1.165, 1.54) is 19.2 Å². The quantitative estimate of drug-likeness (QED) is 0.737. The lowest BCUT2D eigenvalue weighted by Gasteiger charge is -2.15. The molecule has 0 bridgehead atoms. The molecule has 1 rings (SSSR count). The van der Waals surface area contributed by atoms with E-state index in [1.807, 2.05) is 0 Å². The van der Waals surface area contributed by atoms with Crippen LogP contribution in [0.4, 0.5) is 4.39 Å². The van der Waals surface area contributed by atoms with E-state index < -0.39 is 17.6 Å². The topological polar surface area (TPSA) is 69.6 Å². The Morgan fingerprint density at radius 1 is 1.39 bits per heavy atom. The third-order valence-corrected chi connectivity index (χ3v) is 2.37. The lowest BCUT2D eigenvalue weighted by molar-refractivity contribution is -0.145. The Bertz CT molecular complexity index is 437. The number of carbonyl (C=O) groups excluding carboxylic acids is 2. The van der Waals surface area contributed by atoms with Gasteiger partial charge in [0, 0.05) is 25.7 Å². The lowest BCUT2D eigenvalue weighted by Crippen LogP contribution is -2.41. The highest BCUT2D eigenvalue weighted by atomic mass is 19.1. The third kappa shape index (κ3) is 3.81. The van der Waals surface area contributed by atoms with Crippen LogP contribution in [0.2, 0.25) is 0 Å². The Kier molecular flexibility index (Phi) is 5.26. The SMILES string of the molecule is CN(CCO)C(=O)C(=O)NCc1ccccc1F. The zero-order valence-electron chi connectivity index (χ0n) is 10.0. The highest BCUT2D eigenvalue weighted by molar-refractivity contribution is 6.34. The van der Waals surface area contributed by atoms with Crippen molar-refractivity contribution in [1.29, 1.82) is 0 Å². The number of hydrogen-bond acceptors (Lipinski definition) is 3. The number of benzene rings is 1. The highest BCUT2D eigenvalue weighted by Gasteiger charge is 2.17. The van der Waals surface area contributed by atoms with Crippen LogP contribution in [0.3, 0.4) is 0 Å². The zero-order valence-corrected chi connectivity index (χ0v) is 10.0. The molecule has 1 aromatic carbocycles. The molecule has 2 amide bonds. The summed E-state index contributed by atoms with van der Waals surface area (Å²) in [6.07, 6.45) is 0. The maximum atomic E-state index is 13.2. The fourth-order valence-corrected chi connectivity index (χ4v) is 1.32. The first-order valence-electron chi connectivity index (χ1n) is 5.43. The Balaban J connectivity index is 2.51. The largest absolute Gasteiger partial charge is 0.395 e. The van der Waals surface area contributed by atoms with Crippen molar-refractivity contribution in [2.45, 2.75) is 6.54 Å². The van der Waals surface area contributed by atoms with Gasteiger partial charge in [0.1, 0.15) is 5.82 Å². The minimum Gasteiger partial charge on any atom is -0.395 e. The Morgan fingerprint density at radius 2 is 2.06 bits per heavy atom. The van der Waals surface area contributed by atoms with Gasteiger partial charge in [-0.15, -0.1) is 0 Å². The molecule has 0 heterocycles. The van der Waals surface area contributed by atoms with Gasteiger partial charge >= 0.3 is 11.8 Å². The first-order chi connectivity index (χ1) is 8.56. The van der Waals surface area contributed by atoms with Crippen molar-refractivity contribution >= 4 is 11.8 Å². The van der Waals surface area contributed by atoms with E-state index in [2.05, 4.69) is 5.32 Å². The van der Waals surface area contributed by atoms with Crippen LogP contribution in [0.15, 0.2) is 24.3 Å². The minimum atomic E-state index is -0.825. The van der Waals surface area contributed by atoms with Crippen LogP contribution in [-0.2, 0) is 16.1 Å². The summed E-state index contributed by atoms with van der Waals surface area (Å²) in [5, 5.41) is 11.0. The monoisotopic (exact) mass is 254 g/mol. The standard InChI is InChI=1S/C12H15FN2O3/c1-15(6-7-16)12(18)11(17)14-8-9-4-2-3-5-10(9)13/h2-5,16H,6-8H2,1H3,(H,14,17). The first-order valence-corrected chi connectivity index (χ1v) is 5.43. The molecule has 98 valence electrons. The van der Waals surface area contributed by atoms with Gasteiger partial charge in [0.2, 0.25) is 0 Å². The number of carbonyl (C=O) groups is 2. The first kappa shape index (κ1) is 14.1. The van der Waals surface area contributed by atoms with Crippen molar-refractivity contribution in [2.24, 2.45) is 0 Å². The molecular weight excluding hydrogens is 239 g/mol. The number of likely N-dealkylation sites (N-methyl/N-ethyl adjacent to an activating group) is 1. The second-order valence-electron chi connectivity index (χ2n) is 3.72. The van der Waals surface area contributed by atoms with Gasteiger partial charge in [-0.2, -0.15) is 0 Å². The molecule has 0 fully saturated rings. The van der Waals surface area contributed by atoms with Crippen LogP contribution in [0.5, 0.6) is 0 Å². The number of amides is 2. The lowest BCUT2D eigenvalue weighted by atomic mass is 10.2. The molecule has 0 atom stereocenters. The number of nitrogens with zero attached hydrogens (tertiary/aromatic N) is 1. The van der Waals surface area contributed by atoms with Crippen LogP contribution < -0.4 is 5.32 Å². The fraction of sp³-hybridized carbons (Fsp3) is 0.333. The predicted molar refractivity (Wildman–Crippen MR) is 63.0 cm³/mol. The van der Waals surface area contributed by atoms with Crippen LogP contribution in [0.25, 0.3) is 0 Å². The van der Waals surface area contributed by atoms with Gasteiger partial charge in [-0.25, -0.2) is 4.39 Å². The van der Waals surface area contributed by atoms with Crippen molar-refractivity contribution in [1.82, 2.24) is 10.2 Å². The van der Waals surface area contributed by atoms with Crippen LogP contribution in [0.1, 0.15) is 5.56 Å². The van der Waals surface area contributed by atoms with Crippen molar-refractivity contribution < 1.29 is 19.1 Å². The van der Waals surface area contributed by atoms with Gasteiger partial charge in [0.25, 0.3) is 0 Å². The Morgan fingerprint density at radius 3 is 2.67 bits per heavy atom. The van der Waals surface area contributed by atoms with Crippen LogP contribution in [0, 0.1) is 5.82 Å². The van der Waals surface area contributed by atoms with Gasteiger partial charge in [0.05, 0.1) is 6.61 Å². The number of aliphatic hydroxyl groups is 1. The van der Waals surface area contributed by atoms with E-state index >= 15 is 0 Å². The zero-order chi connectivity index (χ0) is 13.5. The maximum absolute atomic E-state index is 13.2. The van der Waals surface area contributed by atoms with Crippen molar-refractivity contribution in [3.63, 3.8) is 0 Å². The predicted octanol–water partition coefficient (Wildman–Crippen LogP) is -0.107.